The molecule has 0 radical (unpaired) electrons. The summed E-state index contributed by atoms with van der Waals surface area (Å²) < 4.78 is 15.8. The maximum absolute atomic E-state index is 13.3. The van der Waals surface area contributed by atoms with Crippen LogP contribution in [-0.4, -0.2) is 50.6 Å². The number of ketones is 1. The van der Waals surface area contributed by atoms with Gasteiger partial charge in [0.25, 0.3) is 5.91 Å². The fourth-order valence-electron chi connectivity index (χ4n) is 3.76. The third-order valence-corrected chi connectivity index (χ3v) is 6.31. The highest BCUT2D eigenvalue weighted by molar-refractivity contribution is 6.39. The Morgan fingerprint density at radius 3 is 2.60 bits per heavy atom. The van der Waals surface area contributed by atoms with Crippen molar-refractivity contribution in [2.75, 3.05) is 34.0 Å². The van der Waals surface area contributed by atoms with E-state index in [2.05, 4.69) is 0 Å². The van der Waals surface area contributed by atoms with Gasteiger partial charge in [0, 0.05) is 35.3 Å². The van der Waals surface area contributed by atoms with Crippen LogP contribution < -0.4 is 9.47 Å². The van der Waals surface area contributed by atoms with Gasteiger partial charge < -0.3 is 19.1 Å². The van der Waals surface area contributed by atoms with Crippen LogP contribution in [0.25, 0.3) is 0 Å². The van der Waals surface area contributed by atoms with Crippen LogP contribution in [0.4, 0.5) is 0 Å². The number of methoxy groups -OCH3 is 2. The summed E-state index contributed by atoms with van der Waals surface area (Å²) in [6.45, 7) is 1.55. The number of amides is 1. The lowest BCUT2D eigenvalue weighted by atomic mass is 9.90. The maximum Gasteiger partial charge on any atom is 0.256 e. The minimum absolute atomic E-state index is 0.141. The van der Waals surface area contributed by atoms with Crippen LogP contribution in [0.5, 0.6) is 11.5 Å². The van der Waals surface area contributed by atoms with E-state index in [4.69, 9.17) is 37.4 Å². The number of hydrogen-bond acceptors (Lipinski definition) is 5. The summed E-state index contributed by atoms with van der Waals surface area (Å²) in [5.74, 6) is 0.669. The van der Waals surface area contributed by atoms with Gasteiger partial charge in [0.15, 0.2) is 5.78 Å². The summed E-state index contributed by atoms with van der Waals surface area (Å²) in [4.78, 5) is 27.7. The third-order valence-electron chi connectivity index (χ3n) is 5.58. The molecule has 0 saturated carbocycles. The summed E-state index contributed by atoms with van der Waals surface area (Å²) in [6.07, 6.45) is 0.555. The smallest absolute Gasteiger partial charge is 0.256 e. The molecule has 2 aliphatic rings. The normalized spacial score (nSPS) is 16.1. The Hall–Kier alpha value is -2.28. The molecule has 0 bridgehead atoms. The van der Waals surface area contributed by atoms with Crippen LogP contribution >= 0.6 is 23.2 Å². The first-order chi connectivity index (χ1) is 14.4. The van der Waals surface area contributed by atoms with Gasteiger partial charge >= 0.3 is 0 Å². The standard InChI is InChI=1S/C22H21Cl2NO5/c1-28-14-4-3-12(18(7-14)29-2)9-25-6-5-15-17(23)8-16(20(24)19(15)22(25)27)21(26)13-10-30-11-13/h3-4,7-8,13H,5-6,9-11H2,1-2H3. The lowest BCUT2D eigenvalue weighted by Crippen LogP contribution is -2.38. The Morgan fingerprint density at radius 2 is 1.97 bits per heavy atom. The van der Waals surface area contributed by atoms with Gasteiger partial charge in [-0.3, -0.25) is 9.59 Å². The fraction of sp³-hybridized carbons (Fsp3) is 0.364. The van der Waals surface area contributed by atoms with Crippen molar-refractivity contribution >= 4 is 34.9 Å². The van der Waals surface area contributed by atoms with Crippen molar-refractivity contribution in [3.63, 3.8) is 0 Å². The molecule has 2 aromatic rings. The molecule has 6 nitrogen and oxygen atoms in total. The second-order valence-corrected chi connectivity index (χ2v) is 8.11. The first-order valence-corrected chi connectivity index (χ1v) is 10.3. The highest BCUT2D eigenvalue weighted by atomic mass is 35.5. The van der Waals surface area contributed by atoms with E-state index in [1.54, 1.807) is 31.3 Å². The first kappa shape index (κ1) is 21.0. The van der Waals surface area contributed by atoms with Gasteiger partial charge in [-0.05, 0) is 30.2 Å². The molecule has 2 aliphatic heterocycles. The summed E-state index contributed by atoms with van der Waals surface area (Å²) in [6, 6.07) is 7.05. The Balaban J connectivity index is 1.66. The number of carbonyl (C=O) groups excluding carboxylic acids is 2. The molecule has 1 amide bonds. The predicted octanol–water partition coefficient (Wildman–Crippen LogP) is 4.04. The lowest BCUT2D eigenvalue weighted by Gasteiger charge is -2.31. The van der Waals surface area contributed by atoms with E-state index in [1.165, 1.54) is 0 Å². The zero-order chi connectivity index (χ0) is 21.4. The average molecular weight is 450 g/mol. The molecule has 158 valence electrons. The number of nitrogens with zero attached hydrogens (tertiary/aromatic N) is 1. The maximum atomic E-state index is 13.3. The van der Waals surface area contributed by atoms with Crippen LogP contribution in [0.15, 0.2) is 24.3 Å². The molecule has 30 heavy (non-hydrogen) atoms. The van der Waals surface area contributed by atoms with Crippen molar-refractivity contribution in [1.29, 1.82) is 0 Å². The molecule has 4 rings (SSSR count). The molecule has 1 fully saturated rings. The predicted molar refractivity (Wildman–Crippen MR) is 113 cm³/mol. The van der Waals surface area contributed by atoms with Crippen LogP contribution in [0.2, 0.25) is 10.0 Å². The van der Waals surface area contributed by atoms with Crippen LogP contribution in [0.1, 0.15) is 31.8 Å². The Bertz CT molecular complexity index is 1020. The van der Waals surface area contributed by atoms with Gasteiger partial charge in [-0.25, -0.2) is 0 Å². The molecule has 0 unspecified atom stereocenters. The Kier molecular flexibility index (Phi) is 5.91. The number of rotatable bonds is 6. The largest absolute Gasteiger partial charge is 0.497 e. The molecule has 0 atom stereocenters. The van der Waals surface area contributed by atoms with Crippen molar-refractivity contribution in [2.24, 2.45) is 5.92 Å². The number of Topliss-reactive ketones (excluding diaryl/α,β-unsaturated/α-hetero) is 1. The molecule has 8 heteroatoms. The van der Waals surface area contributed by atoms with E-state index in [9.17, 15) is 9.59 Å². The summed E-state index contributed by atoms with van der Waals surface area (Å²) >= 11 is 13.0. The number of benzene rings is 2. The number of ether oxygens (including phenoxy) is 3. The minimum atomic E-state index is -0.250. The van der Waals surface area contributed by atoms with Gasteiger partial charge in [0.05, 0.1) is 43.9 Å². The second kappa shape index (κ2) is 8.46. The molecular weight excluding hydrogens is 429 g/mol. The molecule has 0 aromatic heterocycles. The zero-order valence-electron chi connectivity index (χ0n) is 16.7. The van der Waals surface area contributed by atoms with Crippen molar-refractivity contribution in [3.05, 3.63) is 56.6 Å². The molecule has 0 aliphatic carbocycles. The van der Waals surface area contributed by atoms with Gasteiger partial charge in [0.2, 0.25) is 0 Å². The number of fused-ring (bicyclic) bond motifs is 1. The number of halogens is 2. The zero-order valence-corrected chi connectivity index (χ0v) is 18.2. The van der Waals surface area contributed by atoms with E-state index < -0.39 is 0 Å². The number of carbonyl (C=O) groups is 2. The molecule has 2 heterocycles. The van der Waals surface area contributed by atoms with E-state index in [0.717, 1.165) is 5.56 Å². The van der Waals surface area contributed by atoms with Crippen molar-refractivity contribution in [1.82, 2.24) is 4.90 Å². The van der Waals surface area contributed by atoms with Gasteiger partial charge in [-0.2, -0.15) is 0 Å². The third kappa shape index (κ3) is 3.64. The summed E-state index contributed by atoms with van der Waals surface area (Å²) in [7, 11) is 3.16. The topological polar surface area (TPSA) is 65.1 Å². The van der Waals surface area contributed by atoms with E-state index in [0.29, 0.717) is 60.4 Å². The van der Waals surface area contributed by atoms with Gasteiger partial charge in [-0.1, -0.05) is 23.2 Å². The summed E-state index contributed by atoms with van der Waals surface area (Å²) in [5.41, 5.74) is 2.12. The molecular formula is C22H21Cl2NO5. The highest BCUT2D eigenvalue weighted by Gasteiger charge is 2.35. The van der Waals surface area contributed by atoms with Crippen LogP contribution in [-0.2, 0) is 17.7 Å². The minimum Gasteiger partial charge on any atom is -0.497 e. The first-order valence-electron chi connectivity index (χ1n) is 9.57. The Labute approximate surface area is 184 Å². The monoisotopic (exact) mass is 449 g/mol. The van der Waals surface area contributed by atoms with E-state index >= 15 is 0 Å². The van der Waals surface area contributed by atoms with Crippen molar-refractivity contribution in [3.8, 4) is 11.5 Å². The lowest BCUT2D eigenvalue weighted by molar-refractivity contribution is -0.0194. The molecule has 0 N–H and O–H groups in total. The van der Waals surface area contributed by atoms with E-state index in [1.807, 2.05) is 12.1 Å². The Morgan fingerprint density at radius 1 is 1.20 bits per heavy atom. The average Bonchev–Trinajstić information content (AvgIpc) is 2.70. The van der Waals surface area contributed by atoms with Crippen molar-refractivity contribution in [2.45, 2.75) is 13.0 Å². The number of hydrogen-bond donors (Lipinski definition) is 0. The molecule has 0 spiro atoms. The van der Waals surface area contributed by atoms with Gasteiger partial charge in [-0.15, -0.1) is 0 Å². The van der Waals surface area contributed by atoms with Gasteiger partial charge in [0.1, 0.15) is 11.5 Å². The quantitative estimate of drug-likeness (QED) is 0.622. The second-order valence-electron chi connectivity index (χ2n) is 7.33. The molecule has 1 saturated heterocycles. The molecule has 2 aromatic carbocycles. The fourth-order valence-corrected chi connectivity index (χ4v) is 4.40. The van der Waals surface area contributed by atoms with Crippen molar-refractivity contribution < 1.29 is 23.8 Å². The summed E-state index contributed by atoms with van der Waals surface area (Å²) in [5, 5.41) is 0.565. The van der Waals surface area contributed by atoms with Crippen LogP contribution in [0, 0.1) is 5.92 Å². The SMILES string of the molecule is COc1ccc(CN2CCc3c(Cl)cc(C(=O)C4COC4)c(Cl)c3C2=O)c(OC)c1. The van der Waals surface area contributed by atoms with Crippen LogP contribution in [0.3, 0.4) is 0 Å². The highest BCUT2D eigenvalue weighted by Crippen LogP contribution is 2.37. The van der Waals surface area contributed by atoms with E-state index in [-0.39, 0.29) is 28.2 Å².